The van der Waals surface area contributed by atoms with E-state index in [1.807, 2.05) is 6.92 Å². The predicted molar refractivity (Wildman–Crippen MR) is 163 cm³/mol. The summed E-state index contributed by atoms with van der Waals surface area (Å²) in [6, 6.07) is 0. The average molecular weight is 587 g/mol. The summed E-state index contributed by atoms with van der Waals surface area (Å²) in [4.78, 5) is 26.4. The summed E-state index contributed by atoms with van der Waals surface area (Å²) in [5, 5.41) is 0. The third-order valence-electron chi connectivity index (χ3n) is 6.10. The Hall–Kier alpha value is -1.30. The van der Waals surface area contributed by atoms with Gasteiger partial charge in [-0.1, -0.05) is 69.9 Å². The monoisotopic (exact) mass is 586 g/mol. The van der Waals surface area contributed by atoms with E-state index in [4.69, 9.17) is 9.79 Å². The molecule has 0 aliphatic heterocycles. The van der Waals surface area contributed by atoms with Crippen LogP contribution in [0.5, 0.6) is 0 Å². The van der Waals surface area contributed by atoms with Gasteiger partial charge in [-0.25, -0.2) is 9.13 Å². The van der Waals surface area contributed by atoms with Gasteiger partial charge in [0.1, 0.15) is 0 Å². The summed E-state index contributed by atoms with van der Waals surface area (Å²) in [5.74, 6) is 0. The van der Waals surface area contributed by atoms with Crippen LogP contribution < -0.4 is 0 Å². The molecule has 0 fully saturated rings. The molecule has 0 aliphatic carbocycles. The highest BCUT2D eigenvalue weighted by atomic mass is 31.3. The molecular formula is C30H52O7P2. The summed E-state index contributed by atoms with van der Waals surface area (Å²) >= 11 is 0. The van der Waals surface area contributed by atoms with Crippen LogP contribution in [0.15, 0.2) is 69.9 Å². The number of rotatable bonds is 20. The van der Waals surface area contributed by atoms with Gasteiger partial charge >= 0.3 is 15.6 Å². The van der Waals surface area contributed by atoms with Crippen molar-refractivity contribution < 1.29 is 32.6 Å². The van der Waals surface area contributed by atoms with Crippen LogP contribution in [0.1, 0.15) is 113 Å². The van der Waals surface area contributed by atoms with Crippen molar-refractivity contribution in [2.24, 2.45) is 0 Å². The number of allylic oxidation sites excluding steroid dienone is 11. The number of phosphoric acid groups is 2. The topological polar surface area (TPSA) is 113 Å². The van der Waals surface area contributed by atoms with Gasteiger partial charge in [0.25, 0.3) is 0 Å². The van der Waals surface area contributed by atoms with Crippen molar-refractivity contribution in [3.8, 4) is 0 Å². The van der Waals surface area contributed by atoms with E-state index in [0.29, 0.717) is 0 Å². The smallest absolute Gasteiger partial charge is 0.302 e. The Bertz CT molecular complexity index is 1010. The summed E-state index contributed by atoms with van der Waals surface area (Å²) in [7, 11) is -9.88. The first kappa shape index (κ1) is 37.7. The minimum atomic E-state index is -5.09. The Morgan fingerprint density at radius 2 is 0.846 bits per heavy atom. The molecule has 0 radical (unpaired) electrons. The summed E-state index contributed by atoms with van der Waals surface area (Å²) in [5.41, 5.74) is 8.02. The maximum absolute atomic E-state index is 11.4. The van der Waals surface area contributed by atoms with E-state index in [1.54, 1.807) is 6.08 Å². The zero-order valence-corrected chi connectivity index (χ0v) is 26.9. The highest BCUT2D eigenvalue weighted by Gasteiger charge is 2.31. The molecule has 3 N–H and O–H groups in total. The molecule has 1 unspecified atom stereocenters. The second kappa shape index (κ2) is 20.6. The van der Waals surface area contributed by atoms with Crippen LogP contribution in [0.3, 0.4) is 0 Å². The second-order valence-electron chi connectivity index (χ2n) is 10.6. The molecule has 0 aliphatic rings. The van der Waals surface area contributed by atoms with Crippen molar-refractivity contribution in [1.29, 1.82) is 0 Å². The molecule has 1 atom stereocenters. The van der Waals surface area contributed by atoms with E-state index in [-0.39, 0.29) is 6.61 Å². The highest BCUT2D eigenvalue weighted by molar-refractivity contribution is 7.60. The lowest BCUT2D eigenvalue weighted by atomic mass is 10.0. The molecule has 224 valence electrons. The van der Waals surface area contributed by atoms with E-state index in [1.165, 1.54) is 27.9 Å². The first-order valence-electron chi connectivity index (χ1n) is 13.8. The molecule has 0 amide bonds. The van der Waals surface area contributed by atoms with E-state index in [0.717, 1.165) is 69.8 Å². The van der Waals surface area contributed by atoms with Crippen molar-refractivity contribution in [2.45, 2.75) is 113 Å². The molecule has 0 aromatic heterocycles. The molecule has 39 heavy (non-hydrogen) atoms. The molecule has 9 heteroatoms. The lowest BCUT2D eigenvalue weighted by molar-refractivity contribution is 0.191. The van der Waals surface area contributed by atoms with Crippen molar-refractivity contribution >= 4 is 15.6 Å². The van der Waals surface area contributed by atoms with Gasteiger partial charge in [0.15, 0.2) is 0 Å². The van der Waals surface area contributed by atoms with Crippen molar-refractivity contribution in [2.75, 3.05) is 6.61 Å². The highest BCUT2D eigenvalue weighted by Crippen LogP contribution is 2.57. The lowest BCUT2D eigenvalue weighted by Gasteiger charge is -2.11. The van der Waals surface area contributed by atoms with Crippen molar-refractivity contribution in [3.05, 3.63) is 69.9 Å². The SMILES string of the molecule is CC(C)=CCC/C(C)=C/CC/C(C)=C\CC/C(C)=C\CC/C(C)=C\CC/C(C)=C\COP(=O)(O)OP(=O)(O)O. The normalized spacial score (nSPS) is 15.9. The number of phosphoric ester groups is 1. The minimum absolute atomic E-state index is 0.269. The van der Waals surface area contributed by atoms with Crippen molar-refractivity contribution in [3.63, 3.8) is 0 Å². The molecule has 0 spiro atoms. The van der Waals surface area contributed by atoms with Gasteiger partial charge in [0, 0.05) is 0 Å². The molecule has 0 heterocycles. The number of hydrogen-bond donors (Lipinski definition) is 3. The quantitative estimate of drug-likeness (QED) is 0.0961. The fourth-order valence-electron chi connectivity index (χ4n) is 3.72. The van der Waals surface area contributed by atoms with Crippen LogP contribution in [0.2, 0.25) is 0 Å². The fourth-order valence-corrected chi connectivity index (χ4v) is 5.24. The van der Waals surface area contributed by atoms with E-state index in [9.17, 15) is 14.0 Å². The first-order chi connectivity index (χ1) is 18.1. The van der Waals surface area contributed by atoms with Gasteiger partial charge in [-0.05, 0) is 113 Å². The summed E-state index contributed by atoms with van der Waals surface area (Å²) < 4.78 is 30.4. The van der Waals surface area contributed by atoms with Crippen LogP contribution in [0.4, 0.5) is 0 Å². The zero-order valence-electron chi connectivity index (χ0n) is 25.1. The lowest BCUT2D eigenvalue weighted by Crippen LogP contribution is -1.94. The fraction of sp³-hybridized carbons (Fsp3) is 0.600. The van der Waals surface area contributed by atoms with Gasteiger partial charge in [-0.2, -0.15) is 4.31 Å². The van der Waals surface area contributed by atoms with Crippen molar-refractivity contribution in [1.82, 2.24) is 0 Å². The number of hydrogen-bond acceptors (Lipinski definition) is 4. The molecule has 0 saturated carbocycles. The maximum atomic E-state index is 11.4. The van der Waals surface area contributed by atoms with E-state index < -0.39 is 15.6 Å². The van der Waals surface area contributed by atoms with Gasteiger partial charge in [0.05, 0.1) is 6.61 Å². The molecule has 0 aromatic carbocycles. The molecule has 0 saturated heterocycles. The first-order valence-corrected chi connectivity index (χ1v) is 16.8. The Labute approximate surface area is 237 Å². The predicted octanol–water partition coefficient (Wildman–Crippen LogP) is 9.81. The third kappa shape index (κ3) is 25.4. The molecular weight excluding hydrogens is 534 g/mol. The van der Waals surface area contributed by atoms with Crippen LogP contribution >= 0.6 is 15.6 Å². The molecule has 0 bridgehead atoms. The van der Waals surface area contributed by atoms with Gasteiger partial charge in [-0.3, -0.25) is 4.52 Å². The summed E-state index contributed by atoms with van der Waals surface area (Å²) in [6.45, 7) is 14.7. The van der Waals surface area contributed by atoms with Crippen LogP contribution in [-0.2, 0) is 18.0 Å². The average Bonchev–Trinajstić information content (AvgIpc) is 2.77. The van der Waals surface area contributed by atoms with Gasteiger partial charge in [-0.15, -0.1) is 0 Å². The molecule has 7 nitrogen and oxygen atoms in total. The van der Waals surface area contributed by atoms with Gasteiger partial charge in [0.2, 0.25) is 0 Å². The largest absolute Gasteiger partial charge is 0.481 e. The Morgan fingerprint density at radius 1 is 0.538 bits per heavy atom. The van der Waals surface area contributed by atoms with Crippen LogP contribution in [0.25, 0.3) is 0 Å². The molecule has 0 rings (SSSR count). The minimum Gasteiger partial charge on any atom is -0.302 e. The van der Waals surface area contributed by atoms with E-state index >= 15 is 0 Å². The second-order valence-corrected chi connectivity index (χ2v) is 13.4. The molecule has 0 aromatic rings. The third-order valence-corrected chi connectivity index (χ3v) is 8.25. The summed E-state index contributed by atoms with van der Waals surface area (Å²) in [6.07, 6.45) is 23.5. The Balaban J connectivity index is 4.24. The van der Waals surface area contributed by atoms with Crippen LogP contribution in [-0.4, -0.2) is 21.3 Å². The maximum Gasteiger partial charge on any atom is 0.481 e. The van der Waals surface area contributed by atoms with Crippen LogP contribution in [0, 0.1) is 0 Å². The zero-order chi connectivity index (χ0) is 29.9. The van der Waals surface area contributed by atoms with Gasteiger partial charge < -0.3 is 14.7 Å². The Kier molecular flexibility index (Phi) is 19.9. The Morgan fingerprint density at radius 3 is 1.15 bits per heavy atom. The standard InChI is InChI=1S/C30H52O7P2/c1-25(2)13-8-14-26(3)15-9-16-27(4)17-10-18-28(5)19-11-20-29(6)21-12-22-30(7)23-24-36-39(34,35)37-38(31,32)33/h13,15,17,19,21,23H,8-12,14,16,18,20,22,24H2,1-7H3,(H,34,35)(H2,31,32,33)/b26-15+,27-17-,28-19-,29-21-,30-23-. The van der Waals surface area contributed by atoms with E-state index in [2.05, 4.69) is 80.8 Å².